The Labute approximate surface area is 213 Å². The number of pyridine rings is 1. The van der Waals surface area contributed by atoms with E-state index in [4.69, 9.17) is 0 Å². The molecule has 2 N–H and O–H groups in total. The van der Waals surface area contributed by atoms with Crippen molar-refractivity contribution in [2.45, 2.75) is 37.4 Å². The van der Waals surface area contributed by atoms with Gasteiger partial charge in [0.25, 0.3) is 0 Å². The van der Waals surface area contributed by atoms with Crippen LogP contribution in [0.15, 0.2) is 54.9 Å². The lowest BCUT2D eigenvalue weighted by molar-refractivity contribution is -0.137. The summed E-state index contributed by atoms with van der Waals surface area (Å²) >= 11 is 0. The summed E-state index contributed by atoms with van der Waals surface area (Å²) in [6, 6.07) is 10.1. The van der Waals surface area contributed by atoms with Crippen molar-refractivity contribution in [1.29, 1.82) is 0 Å². The zero-order valence-electron chi connectivity index (χ0n) is 21.1. The van der Waals surface area contributed by atoms with Crippen molar-refractivity contribution in [3.05, 3.63) is 71.8 Å². The van der Waals surface area contributed by atoms with E-state index in [1.54, 1.807) is 11.1 Å². The molecule has 0 bridgehead atoms. The van der Waals surface area contributed by atoms with E-state index in [0.29, 0.717) is 38.5 Å². The van der Waals surface area contributed by atoms with E-state index in [1.165, 1.54) is 0 Å². The van der Waals surface area contributed by atoms with E-state index in [-0.39, 0.29) is 17.6 Å². The quantitative estimate of drug-likeness (QED) is 0.453. The van der Waals surface area contributed by atoms with Gasteiger partial charge in [0.1, 0.15) is 5.82 Å². The average Bonchev–Trinajstić information content (AvgIpc) is 3.29. The smallest absolute Gasteiger partial charge is 0.369 e. The fourth-order valence-corrected chi connectivity index (χ4v) is 4.99. The molecule has 2 aromatic heterocycles. The predicted molar refractivity (Wildman–Crippen MR) is 135 cm³/mol. The van der Waals surface area contributed by atoms with Crippen LogP contribution in [0.3, 0.4) is 0 Å². The number of carbonyl (C=O) groups is 1. The van der Waals surface area contributed by atoms with Crippen LogP contribution >= 0.6 is 0 Å². The minimum atomic E-state index is -4.61. The topological polar surface area (TPSA) is 62.2 Å². The summed E-state index contributed by atoms with van der Waals surface area (Å²) in [5.41, 5.74) is 0.651. The van der Waals surface area contributed by atoms with Gasteiger partial charge in [0.2, 0.25) is 5.91 Å². The lowest BCUT2D eigenvalue weighted by Crippen LogP contribution is -2.54. The molecular weight excluding hydrogens is 486 g/mol. The Kier molecular flexibility index (Phi) is 7.59. The van der Waals surface area contributed by atoms with Gasteiger partial charge in [-0.05, 0) is 68.8 Å². The molecule has 0 radical (unpaired) electrons. The maximum absolute atomic E-state index is 14.7. The number of anilines is 1. The number of halogens is 4. The number of nitrogens with one attached hydrogen (secondary N) is 2. The normalized spacial score (nSPS) is 16.5. The molecule has 1 aromatic carbocycles. The average molecular weight is 518 g/mol. The van der Waals surface area contributed by atoms with Crippen LogP contribution in [0.1, 0.15) is 30.9 Å². The molecule has 37 heavy (non-hydrogen) atoms. The van der Waals surface area contributed by atoms with Gasteiger partial charge in [0.05, 0.1) is 28.1 Å². The van der Waals surface area contributed by atoms with Crippen LogP contribution in [-0.2, 0) is 23.4 Å². The molecule has 10 heteroatoms. The van der Waals surface area contributed by atoms with E-state index < -0.39 is 23.0 Å². The first-order chi connectivity index (χ1) is 17.5. The van der Waals surface area contributed by atoms with Crippen molar-refractivity contribution in [2.75, 3.05) is 31.6 Å². The Balaban J connectivity index is 1.61. The molecule has 0 aliphatic carbocycles. The van der Waals surface area contributed by atoms with Crippen LogP contribution < -0.4 is 15.5 Å². The second kappa shape index (κ2) is 10.5. The van der Waals surface area contributed by atoms with Gasteiger partial charge in [-0.1, -0.05) is 6.07 Å². The molecule has 0 spiro atoms. The summed E-state index contributed by atoms with van der Waals surface area (Å²) < 4.78 is 55.6. The zero-order chi connectivity index (χ0) is 26.8. The molecule has 1 aliphatic heterocycles. The van der Waals surface area contributed by atoms with Crippen LogP contribution in [0.5, 0.6) is 0 Å². The SMILES string of the molecule is CNC[C@H](C)NC(=O)C1(c2ccc(-c3cccn3C)nc2)CCN(c2ccc(C(F)(F)F)cc2F)CC1. The number of likely N-dealkylation sites (N-methyl/N-ethyl adjacent to an activating group) is 1. The van der Waals surface area contributed by atoms with Gasteiger partial charge < -0.3 is 20.1 Å². The molecule has 0 saturated carbocycles. The van der Waals surface area contributed by atoms with Crippen LogP contribution in [0, 0.1) is 5.82 Å². The number of hydrogen-bond donors (Lipinski definition) is 2. The number of nitrogens with zero attached hydrogens (tertiary/aromatic N) is 3. The second-order valence-corrected chi connectivity index (χ2v) is 9.60. The Morgan fingerprint density at radius 1 is 1.16 bits per heavy atom. The maximum Gasteiger partial charge on any atom is 0.416 e. The summed E-state index contributed by atoms with van der Waals surface area (Å²) in [4.78, 5) is 20.0. The summed E-state index contributed by atoms with van der Waals surface area (Å²) in [5.74, 6) is -1.07. The van der Waals surface area contributed by atoms with Crippen molar-refractivity contribution in [3.8, 4) is 11.4 Å². The lowest BCUT2D eigenvalue weighted by Gasteiger charge is -2.42. The molecule has 1 aliphatic rings. The first-order valence-electron chi connectivity index (χ1n) is 12.2. The van der Waals surface area contributed by atoms with E-state index in [1.807, 2.05) is 56.0 Å². The Hall–Kier alpha value is -3.40. The number of rotatable bonds is 7. The molecule has 6 nitrogen and oxygen atoms in total. The van der Waals surface area contributed by atoms with Crippen molar-refractivity contribution in [3.63, 3.8) is 0 Å². The molecule has 198 valence electrons. The van der Waals surface area contributed by atoms with Gasteiger partial charge in [-0.3, -0.25) is 9.78 Å². The Morgan fingerprint density at radius 2 is 1.89 bits per heavy atom. The number of benzene rings is 1. The van der Waals surface area contributed by atoms with Crippen molar-refractivity contribution >= 4 is 11.6 Å². The van der Waals surface area contributed by atoms with Crippen molar-refractivity contribution < 1.29 is 22.4 Å². The number of aryl methyl sites for hydroxylation is 1. The molecular formula is C27H31F4N5O. The second-order valence-electron chi connectivity index (χ2n) is 9.60. The first kappa shape index (κ1) is 26.7. The van der Waals surface area contributed by atoms with Gasteiger partial charge in [-0.15, -0.1) is 0 Å². The molecule has 3 heterocycles. The Bertz CT molecular complexity index is 1230. The van der Waals surface area contributed by atoms with E-state index in [2.05, 4.69) is 15.6 Å². The van der Waals surface area contributed by atoms with E-state index in [0.717, 1.165) is 29.1 Å². The lowest BCUT2D eigenvalue weighted by atomic mass is 9.72. The highest BCUT2D eigenvalue weighted by molar-refractivity contribution is 5.89. The summed E-state index contributed by atoms with van der Waals surface area (Å²) in [5, 5.41) is 6.13. The highest BCUT2D eigenvalue weighted by Crippen LogP contribution is 2.39. The number of carbonyl (C=O) groups excluding carboxylic acids is 1. The molecule has 1 atom stereocenters. The van der Waals surface area contributed by atoms with Crippen LogP contribution in [-0.4, -0.2) is 48.2 Å². The van der Waals surface area contributed by atoms with Crippen LogP contribution in [0.4, 0.5) is 23.2 Å². The first-order valence-corrected chi connectivity index (χ1v) is 12.2. The molecule has 1 fully saturated rings. The number of aromatic nitrogens is 2. The van der Waals surface area contributed by atoms with E-state index in [9.17, 15) is 22.4 Å². The van der Waals surface area contributed by atoms with Gasteiger partial charge in [0, 0.05) is 45.1 Å². The molecule has 0 unspecified atom stereocenters. The highest BCUT2D eigenvalue weighted by Gasteiger charge is 2.44. The van der Waals surface area contributed by atoms with Crippen LogP contribution in [0.2, 0.25) is 0 Å². The fourth-order valence-electron chi connectivity index (χ4n) is 4.99. The summed E-state index contributed by atoms with van der Waals surface area (Å²) in [7, 11) is 3.74. The summed E-state index contributed by atoms with van der Waals surface area (Å²) in [6.45, 7) is 3.10. The van der Waals surface area contributed by atoms with Gasteiger partial charge in [0.15, 0.2) is 0 Å². The van der Waals surface area contributed by atoms with Gasteiger partial charge in [-0.2, -0.15) is 13.2 Å². The molecule has 4 rings (SSSR count). The molecule has 1 amide bonds. The largest absolute Gasteiger partial charge is 0.416 e. The van der Waals surface area contributed by atoms with Crippen LogP contribution in [0.25, 0.3) is 11.4 Å². The van der Waals surface area contributed by atoms with Crippen molar-refractivity contribution in [2.24, 2.45) is 7.05 Å². The number of alkyl halides is 3. The third kappa shape index (κ3) is 5.49. The molecule has 3 aromatic rings. The van der Waals surface area contributed by atoms with Gasteiger partial charge >= 0.3 is 6.18 Å². The standard InChI is InChI=1S/C27H31F4N5O/c1-18(16-32-2)34-25(37)26(20-6-8-22(33-17-20)24-5-4-12-35(24)3)10-13-36(14-11-26)23-9-7-19(15-21(23)28)27(29,30)31/h4-9,12,15,17-18,32H,10-11,13-14,16H2,1-3H3,(H,34,37)/t18-/m0/s1. The maximum atomic E-state index is 14.7. The monoisotopic (exact) mass is 517 g/mol. The number of hydrogen-bond acceptors (Lipinski definition) is 4. The van der Waals surface area contributed by atoms with E-state index >= 15 is 0 Å². The molecule has 1 saturated heterocycles. The van der Waals surface area contributed by atoms with Crippen molar-refractivity contribution in [1.82, 2.24) is 20.2 Å². The Morgan fingerprint density at radius 3 is 2.43 bits per heavy atom. The highest BCUT2D eigenvalue weighted by atomic mass is 19.4. The zero-order valence-corrected chi connectivity index (χ0v) is 21.1. The third-order valence-corrected chi connectivity index (χ3v) is 7.08. The van der Waals surface area contributed by atoms with Gasteiger partial charge in [-0.25, -0.2) is 4.39 Å². The third-order valence-electron chi connectivity index (χ3n) is 7.08. The number of piperidine rings is 1. The minimum absolute atomic E-state index is 0.0998. The number of amides is 1. The fraction of sp³-hybridized carbons (Fsp3) is 0.407. The minimum Gasteiger partial charge on any atom is -0.369 e. The predicted octanol–water partition coefficient (Wildman–Crippen LogP) is 4.51. The summed E-state index contributed by atoms with van der Waals surface area (Å²) in [6.07, 6.45) is -0.247.